The standard InChI is InChI=1S/C17H23N3OS/c1-12(10-18-7-8-21-4)11-20-14(3)16-9-15-17(22-16)13(2)5-6-19-15/h5-6,9,11,18H,7-8,10H2,1-4H3/b12-11+,20-14+. The van der Waals surface area contributed by atoms with Crippen molar-refractivity contribution in [1.29, 1.82) is 0 Å². The van der Waals surface area contributed by atoms with Crippen LogP contribution < -0.4 is 5.32 Å². The van der Waals surface area contributed by atoms with Crippen molar-refractivity contribution in [3.63, 3.8) is 0 Å². The zero-order valence-electron chi connectivity index (χ0n) is 13.6. The SMILES string of the molecule is COCCNC/C(C)=C/N=C(\C)c1cc2nccc(C)c2s1. The van der Waals surface area contributed by atoms with Gasteiger partial charge in [0.15, 0.2) is 0 Å². The highest BCUT2D eigenvalue weighted by molar-refractivity contribution is 7.21. The van der Waals surface area contributed by atoms with Crippen LogP contribution in [0.2, 0.25) is 0 Å². The van der Waals surface area contributed by atoms with E-state index in [1.807, 2.05) is 25.4 Å². The molecule has 22 heavy (non-hydrogen) atoms. The van der Waals surface area contributed by atoms with Crippen molar-refractivity contribution in [3.8, 4) is 0 Å². The summed E-state index contributed by atoms with van der Waals surface area (Å²) in [6, 6.07) is 4.16. The molecular weight excluding hydrogens is 294 g/mol. The monoisotopic (exact) mass is 317 g/mol. The molecule has 2 rings (SSSR count). The Labute approximate surface area is 135 Å². The summed E-state index contributed by atoms with van der Waals surface area (Å²) in [6.07, 6.45) is 3.79. The Hall–Kier alpha value is -1.56. The van der Waals surface area contributed by atoms with Gasteiger partial charge in [0.25, 0.3) is 0 Å². The van der Waals surface area contributed by atoms with E-state index in [0.717, 1.165) is 30.9 Å². The highest BCUT2D eigenvalue weighted by atomic mass is 32.1. The molecule has 0 saturated heterocycles. The molecule has 0 amide bonds. The smallest absolute Gasteiger partial charge is 0.0819 e. The maximum atomic E-state index is 5.00. The van der Waals surface area contributed by atoms with E-state index in [-0.39, 0.29) is 0 Å². The first kappa shape index (κ1) is 16.8. The molecule has 0 radical (unpaired) electrons. The highest BCUT2D eigenvalue weighted by Gasteiger charge is 2.06. The minimum atomic E-state index is 0.726. The zero-order valence-corrected chi connectivity index (χ0v) is 14.5. The molecular formula is C17H23N3OS. The Morgan fingerprint density at radius 1 is 1.45 bits per heavy atom. The van der Waals surface area contributed by atoms with Crippen LogP contribution in [0.4, 0.5) is 0 Å². The summed E-state index contributed by atoms with van der Waals surface area (Å²) >= 11 is 1.75. The number of nitrogens with one attached hydrogen (secondary N) is 1. The zero-order chi connectivity index (χ0) is 15.9. The lowest BCUT2D eigenvalue weighted by Gasteiger charge is -2.03. The summed E-state index contributed by atoms with van der Waals surface area (Å²) in [5.41, 5.74) is 4.55. The fraction of sp³-hybridized carbons (Fsp3) is 0.412. The van der Waals surface area contributed by atoms with Gasteiger partial charge in [-0.15, -0.1) is 11.3 Å². The van der Waals surface area contributed by atoms with Gasteiger partial charge in [-0.05, 0) is 44.0 Å². The molecule has 2 heterocycles. The van der Waals surface area contributed by atoms with Gasteiger partial charge in [-0.25, -0.2) is 0 Å². The lowest BCUT2D eigenvalue weighted by atomic mass is 10.2. The van der Waals surface area contributed by atoms with Crippen LogP contribution in [0.25, 0.3) is 10.2 Å². The number of aliphatic imine (C=N–C) groups is 1. The number of methoxy groups -OCH3 is 1. The molecule has 0 aliphatic rings. The van der Waals surface area contributed by atoms with Crippen LogP contribution in [0.1, 0.15) is 24.3 Å². The molecule has 0 fully saturated rings. The first-order chi connectivity index (χ1) is 10.6. The number of aromatic nitrogens is 1. The molecule has 0 aliphatic carbocycles. The molecule has 118 valence electrons. The summed E-state index contributed by atoms with van der Waals surface area (Å²) in [4.78, 5) is 10.2. The average Bonchev–Trinajstić information content (AvgIpc) is 2.95. The largest absolute Gasteiger partial charge is 0.383 e. The average molecular weight is 317 g/mol. The lowest BCUT2D eigenvalue weighted by molar-refractivity contribution is 0.200. The first-order valence-electron chi connectivity index (χ1n) is 7.37. The molecule has 0 spiro atoms. The van der Waals surface area contributed by atoms with Crippen LogP contribution in [0.3, 0.4) is 0 Å². The Morgan fingerprint density at radius 2 is 2.27 bits per heavy atom. The summed E-state index contributed by atoms with van der Waals surface area (Å²) in [5.74, 6) is 0. The van der Waals surface area contributed by atoms with Crippen LogP contribution in [-0.4, -0.2) is 37.5 Å². The third kappa shape index (κ3) is 4.47. The van der Waals surface area contributed by atoms with E-state index in [0.29, 0.717) is 0 Å². The topological polar surface area (TPSA) is 46.5 Å². The van der Waals surface area contributed by atoms with Crippen molar-refractivity contribution in [2.75, 3.05) is 26.8 Å². The Balaban J connectivity index is 2.05. The van der Waals surface area contributed by atoms with Crippen LogP contribution in [0.15, 0.2) is 35.1 Å². The number of thiophene rings is 1. The number of aryl methyl sites for hydroxylation is 1. The van der Waals surface area contributed by atoms with E-state index in [9.17, 15) is 0 Å². The van der Waals surface area contributed by atoms with Crippen molar-refractivity contribution in [1.82, 2.24) is 10.3 Å². The van der Waals surface area contributed by atoms with Gasteiger partial charge in [0.05, 0.1) is 27.4 Å². The second-order valence-electron chi connectivity index (χ2n) is 5.31. The maximum Gasteiger partial charge on any atom is 0.0819 e. The molecule has 0 atom stereocenters. The summed E-state index contributed by atoms with van der Waals surface area (Å²) in [5, 5.41) is 3.31. The van der Waals surface area contributed by atoms with Crippen LogP contribution >= 0.6 is 11.3 Å². The summed E-state index contributed by atoms with van der Waals surface area (Å²) in [7, 11) is 1.71. The molecule has 4 nitrogen and oxygen atoms in total. The number of ether oxygens (including phenoxy) is 1. The summed E-state index contributed by atoms with van der Waals surface area (Å²) in [6.45, 7) is 8.64. The number of hydrogen-bond acceptors (Lipinski definition) is 5. The number of pyridine rings is 1. The minimum Gasteiger partial charge on any atom is -0.383 e. The maximum absolute atomic E-state index is 5.00. The fourth-order valence-electron chi connectivity index (χ4n) is 2.02. The van der Waals surface area contributed by atoms with Gasteiger partial charge in [-0.2, -0.15) is 0 Å². The van der Waals surface area contributed by atoms with E-state index in [4.69, 9.17) is 4.74 Å². The Bertz CT molecular complexity index is 688. The second-order valence-corrected chi connectivity index (χ2v) is 6.36. The first-order valence-corrected chi connectivity index (χ1v) is 8.18. The van der Waals surface area contributed by atoms with Crippen LogP contribution in [0, 0.1) is 6.92 Å². The third-order valence-corrected chi connectivity index (χ3v) is 4.70. The van der Waals surface area contributed by atoms with Gasteiger partial charge in [0.1, 0.15) is 0 Å². The third-order valence-electron chi connectivity index (χ3n) is 3.33. The predicted octanol–water partition coefficient (Wildman–Crippen LogP) is 3.55. The van der Waals surface area contributed by atoms with E-state index in [2.05, 4.69) is 35.2 Å². The normalized spacial score (nSPS) is 13.1. The fourth-order valence-corrected chi connectivity index (χ4v) is 3.06. The van der Waals surface area contributed by atoms with E-state index >= 15 is 0 Å². The predicted molar refractivity (Wildman–Crippen MR) is 95.1 cm³/mol. The van der Waals surface area contributed by atoms with E-state index in [1.54, 1.807) is 18.4 Å². The molecule has 0 unspecified atom stereocenters. The quantitative estimate of drug-likeness (QED) is 0.627. The molecule has 0 aromatic carbocycles. The van der Waals surface area contributed by atoms with Crippen LogP contribution in [-0.2, 0) is 4.74 Å². The molecule has 1 N–H and O–H groups in total. The Kier molecular flexibility index (Phi) is 6.24. The molecule has 0 saturated carbocycles. The van der Waals surface area contributed by atoms with Gasteiger partial charge in [0.2, 0.25) is 0 Å². The molecule has 5 heteroatoms. The molecule has 2 aromatic rings. The molecule has 0 aliphatic heterocycles. The number of hydrogen-bond donors (Lipinski definition) is 1. The molecule has 0 bridgehead atoms. The van der Waals surface area contributed by atoms with Gasteiger partial charge in [0, 0.05) is 32.6 Å². The van der Waals surface area contributed by atoms with E-state index in [1.165, 1.54) is 20.7 Å². The second kappa shape index (κ2) is 8.17. The number of rotatable bonds is 7. The van der Waals surface area contributed by atoms with Crippen molar-refractivity contribution in [2.24, 2.45) is 4.99 Å². The van der Waals surface area contributed by atoms with Crippen molar-refractivity contribution < 1.29 is 4.74 Å². The van der Waals surface area contributed by atoms with Crippen molar-refractivity contribution in [2.45, 2.75) is 20.8 Å². The highest BCUT2D eigenvalue weighted by Crippen LogP contribution is 2.27. The van der Waals surface area contributed by atoms with Gasteiger partial charge >= 0.3 is 0 Å². The minimum absolute atomic E-state index is 0.726. The van der Waals surface area contributed by atoms with Crippen molar-refractivity contribution in [3.05, 3.63) is 40.5 Å². The number of fused-ring (bicyclic) bond motifs is 1. The van der Waals surface area contributed by atoms with Gasteiger partial charge in [-0.1, -0.05) is 0 Å². The Morgan fingerprint density at radius 3 is 3.00 bits per heavy atom. The van der Waals surface area contributed by atoms with Gasteiger partial charge < -0.3 is 10.1 Å². The number of nitrogens with zero attached hydrogens (tertiary/aromatic N) is 2. The summed E-state index contributed by atoms with van der Waals surface area (Å²) < 4.78 is 6.25. The van der Waals surface area contributed by atoms with E-state index < -0.39 is 0 Å². The van der Waals surface area contributed by atoms with Crippen LogP contribution in [0.5, 0.6) is 0 Å². The van der Waals surface area contributed by atoms with Crippen molar-refractivity contribution >= 4 is 27.3 Å². The lowest BCUT2D eigenvalue weighted by Crippen LogP contribution is -2.20. The molecule has 2 aromatic heterocycles. The van der Waals surface area contributed by atoms with Gasteiger partial charge in [-0.3, -0.25) is 9.98 Å².